The van der Waals surface area contributed by atoms with Gasteiger partial charge < -0.3 is 10.6 Å². The first kappa shape index (κ1) is 12.9. The third kappa shape index (κ3) is 2.71. The fraction of sp³-hybridized carbons (Fsp3) is 0.273. The van der Waals surface area contributed by atoms with Crippen molar-refractivity contribution in [1.82, 2.24) is 4.90 Å². The zero-order valence-electron chi connectivity index (χ0n) is 9.11. The van der Waals surface area contributed by atoms with Crippen molar-refractivity contribution in [3.8, 4) is 0 Å². The molecule has 0 aromatic heterocycles. The summed E-state index contributed by atoms with van der Waals surface area (Å²) in [5, 5.41) is 0.425. The largest absolute Gasteiger partial charge is 0.392 e. The summed E-state index contributed by atoms with van der Waals surface area (Å²) in [7, 11) is 1.65. The Kier molecular flexibility index (Phi) is 4.26. The minimum Gasteiger partial charge on any atom is -0.392 e. The summed E-state index contributed by atoms with van der Waals surface area (Å²) in [5.41, 5.74) is 5.95. The highest BCUT2D eigenvalue weighted by molar-refractivity contribution is 7.80. The highest BCUT2D eigenvalue weighted by Gasteiger charge is 2.20. The number of carbonyl (C=O) groups excluding carboxylic acids is 1. The lowest BCUT2D eigenvalue weighted by molar-refractivity contribution is 0.0779. The molecule has 0 aliphatic carbocycles. The molecule has 2 N–H and O–H groups in total. The molecular weight excluding hydrogens is 244 g/mol. The third-order valence-electron chi connectivity index (χ3n) is 2.42. The molecule has 3 nitrogen and oxygen atoms in total. The molecule has 1 atom stereocenters. The van der Waals surface area contributed by atoms with Crippen LogP contribution in [0.3, 0.4) is 0 Å². The standard InChI is InChI=1S/C11H13ClN2OS/c1-7(10(13)16)14(2)11(15)8-5-3-4-6-9(8)12/h3-7H,1-2H3,(H2,13,16). The van der Waals surface area contributed by atoms with E-state index in [0.29, 0.717) is 10.6 Å². The van der Waals surface area contributed by atoms with E-state index in [-0.39, 0.29) is 16.9 Å². The van der Waals surface area contributed by atoms with Gasteiger partial charge in [0.05, 0.1) is 21.6 Å². The van der Waals surface area contributed by atoms with Crippen LogP contribution in [0.2, 0.25) is 5.02 Å². The molecule has 0 aliphatic heterocycles. The second kappa shape index (κ2) is 5.27. The molecule has 0 aliphatic rings. The maximum Gasteiger partial charge on any atom is 0.255 e. The zero-order valence-corrected chi connectivity index (χ0v) is 10.7. The van der Waals surface area contributed by atoms with E-state index >= 15 is 0 Å². The average Bonchev–Trinajstić information content (AvgIpc) is 2.26. The molecule has 5 heteroatoms. The summed E-state index contributed by atoms with van der Waals surface area (Å²) in [6.45, 7) is 1.77. The molecule has 0 bridgehead atoms. The normalized spacial score (nSPS) is 11.9. The molecule has 1 amide bonds. The van der Waals surface area contributed by atoms with E-state index in [1.54, 1.807) is 38.2 Å². The SMILES string of the molecule is CC(C(N)=S)N(C)C(=O)c1ccccc1Cl. The maximum absolute atomic E-state index is 12.0. The molecule has 0 spiro atoms. The number of halogens is 1. The third-order valence-corrected chi connectivity index (χ3v) is 3.09. The van der Waals surface area contributed by atoms with Crippen LogP contribution in [-0.2, 0) is 0 Å². The van der Waals surface area contributed by atoms with Crippen molar-refractivity contribution in [1.29, 1.82) is 0 Å². The summed E-state index contributed by atoms with van der Waals surface area (Å²) in [6, 6.07) is 6.59. The van der Waals surface area contributed by atoms with E-state index in [0.717, 1.165) is 0 Å². The Bertz CT molecular complexity index is 422. The Labute approximate surface area is 105 Å². The highest BCUT2D eigenvalue weighted by atomic mass is 35.5. The van der Waals surface area contributed by atoms with Crippen LogP contribution in [0, 0.1) is 0 Å². The van der Waals surface area contributed by atoms with Gasteiger partial charge in [-0.1, -0.05) is 36.0 Å². The van der Waals surface area contributed by atoms with Crippen molar-refractivity contribution in [2.75, 3.05) is 7.05 Å². The van der Waals surface area contributed by atoms with E-state index in [1.165, 1.54) is 4.90 Å². The lowest BCUT2D eigenvalue weighted by atomic mass is 10.2. The van der Waals surface area contributed by atoms with Gasteiger partial charge in [-0.05, 0) is 19.1 Å². The first-order valence-corrected chi connectivity index (χ1v) is 5.54. The van der Waals surface area contributed by atoms with Crippen molar-refractivity contribution >= 4 is 34.7 Å². The van der Waals surface area contributed by atoms with Crippen molar-refractivity contribution in [2.45, 2.75) is 13.0 Å². The molecule has 0 saturated carbocycles. The predicted octanol–water partition coefficient (Wildman–Crippen LogP) is 2.09. The minimum absolute atomic E-state index is 0.189. The molecule has 16 heavy (non-hydrogen) atoms. The number of thiocarbonyl (C=S) groups is 1. The zero-order chi connectivity index (χ0) is 12.3. The van der Waals surface area contributed by atoms with Crippen LogP contribution in [0.5, 0.6) is 0 Å². The van der Waals surface area contributed by atoms with Gasteiger partial charge in [-0.2, -0.15) is 0 Å². The van der Waals surface area contributed by atoms with Gasteiger partial charge in [-0.15, -0.1) is 0 Å². The van der Waals surface area contributed by atoms with Crippen LogP contribution in [-0.4, -0.2) is 28.9 Å². The summed E-state index contributed by atoms with van der Waals surface area (Å²) < 4.78 is 0. The number of hydrogen-bond donors (Lipinski definition) is 1. The summed E-state index contributed by atoms with van der Waals surface area (Å²) in [4.78, 5) is 13.8. The lowest BCUT2D eigenvalue weighted by Gasteiger charge is -2.24. The average molecular weight is 257 g/mol. The predicted molar refractivity (Wildman–Crippen MR) is 69.8 cm³/mol. The fourth-order valence-electron chi connectivity index (χ4n) is 1.19. The molecule has 1 unspecified atom stereocenters. The van der Waals surface area contributed by atoms with Crippen molar-refractivity contribution < 1.29 is 4.79 Å². The first-order chi connectivity index (χ1) is 7.45. The van der Waals surface area contributed by atoms with Gasteiger partial charge in [0.1, 0.15) is 0 Å². The molecule has 1 aromatic rings. The lowest BCUT2D eigenvalue weighted by Crippen LogP contribution is -2.42. The Morgan fingerprint density at radius 3 is 2.56 bits per heavy atom. The number of benzene rings is 1. The van der Waals surface area contributed by atoms with Crippen LogP contribution >= 0.6 is 23.8 Å². The van der Waals surface area contributed by atoms with Gasteiger partial charge in [-0.25, -0.2) is 0 Å². The number of likely N-dealkylation sites (N-methyl/N-ethyl adjacent to an activating group) is 1. The molecule has 1 aromatic carbocycles. The van der Waals surface area contributed by atoms with Crippen LogP contribution < -0.4 is 5.73 Å². The van der Waals surface area contributed by atoms with E-state index in [1.807, 2.05) is 0 Å². The second-order valence-electron chi connectivity index (χ2n) is 3.47. The Hall–Kier alpha value is -1.13. The number of nitrogens with zero attached hydrogens (tertiary/aromatic N) is 1. The summed E-state index contributed by atoms with van der Waals surface area (Å²) >= 11 is 10.8. The quantitative estimate of drug-likeness (QED) is 0.843. The van der Waals surface area contributed by atoms with Gasteiger partial charge in [0.2, 0.25) is 0 Å². The number of hydrogen-bond acceptors (Lipinski definition) is 2. The molecule has 0 radical (unpaired) electrons. The van der Waals surface area contributed by atoms with Gasteiger partial charge in [-0.3, -0.25) is 4.79 Å². The van der Waals surface area contributed by atoms with Crippen molar-refractivity contribution in [3.05, 3.63) is 34.9 Å². The van der Waals surface area contributed by atoms with Gasteiger partial charge in [0.25, 0.3) is 5.91 Å². The monoisotopic (exact) mass is 256 g/mol. The van der Waals surface area contributed by atoms with Gasteiger partial charge >= 0.3 is 0 Å². The highest BCUT2D eigenvalue weighted by Crippen LogP contribution is 2.17. The van der Waals surface area contributed by atoms with Crippen LogP contribution in [0.15, 0.2) is 24.3 Å². The van der Waals surface area contributed by atoms with Gasteiger partial charge in [0.15, 0.2) is 0 Å². The summed E-state index contributed by atoms with van der Waals surface area (Å²) in [5.74, 6) is -0.189. The maximum atomic E-state index is 12.0. The number of nitrogens with two attached hydrogens (primary N) is 1. The molecule has 86 valence electrons. The molecular formula is C11H13ClN2OS. The second-order valence-corrected chi connectivity index (χ2v) is 4.35. The smallest absolute Gasteiger partial charge is 0.255 e. The first-order valence-electron chi connectivity index (χ1n) is 4.76. The molecule has 0 fully saturated rings. The van der Waals surface area contributed by atoms with Gasteiger partial charge in [0, 0.05) is 7.05 Å². The molecule has 0 saturated heterocycles. The van der Waals surface area contributed by atoms with E-state index in [4.69, 9.17) is 29.6 Å². The van der Waals surface area contributed by atoms with Crippen molar-refractivity contribution in [2.24, 2.45) is 5.73 Å². The van der Waals surface area contributed by atoms with E-state index < -0.39 is 0 Å². The fourth-order valence-corrected chi connectivity index (χ4v) is 1.57. The molecule has 0 heterocycles. The van der Waals surface area contributed by atoms with Crippen molar-refractivity contribution in [3.63, 3.8) is 0 Å². The van der Waals surface area contributed by atoms with E-state index in [9.17, 15) is 4.79 Å². The number of amides is 1. The number of rotatable bonds is 3. The Balaban J connectivity index is 2.95. The molecule has 1 rings (SSSR count). The van der Waals surface area contributed by atoms with E-state index in [2.05, 4.69) is 0 Å². The van der Waals surface area contributed by atoms with Crippen LogP contribution in [0.25, 0.3) is 0 Å². The van der Waals surface area contributed by atoms with Crippen LogP contribution in [0.4, 0.5) is 0 Å². The van der Waals surface area contributed by atoms with Crippen LogP contribution in [0.1, 0.15) is 17.3 Å². The Morgan fingerprint density at radius 2 is 2.06 bits per heavy atom. The minimum atomic E-state index is -0.293. The number of carbonyl (C=O) groups is 1. The summed E-state index contributed by atoms with van der Waals surface area (Å²) in [6.07, 6.45) is 0. The Morgan fingerprint density at radius 1 is 1.50 bits per heavy atom. The topological polar surface area (TPSA) is 46.3 Å².